The van der Waals surface area contributed by atoms with Crippen molar-refractivity contribution in [3.63, 3.8) is 0 Å². The molecule has 2 heterocycles. The molecule has 0 bridgehead atoms. The number of aromatic nitrogens is 1. The smallest absolute Gasteiger partial charge is 0.0730 e. The highest BCUT2D eigenvalue weighted by atomic mass is 79.9. The molecule has 1 aromatic heterocycles. The standard InChI is InChI=1S/C24H28N2.BrH/c1-24(2,3)19-13-11-18(12-14-19)22-17-23(26-15-7-4-8-16-26)20-9-5-6-10-21(20)25-22;/h5-6,9-14,17H,4,7-8,15-16H2,1-3H3;1H. The van der Waals surface area contributed by atoms with Gasteiger partial charge in [0.15, 0.2) is 0 Å². The predicted molar refractivity (Wildman–Crippen MR) is 122 cm³/mol. The van der Waals surface area contributed by atoms with Crippen LogP contribution in [0.25, 0.3) is 22.2 Å². The first-order chi connectivity index (χ1) is 12.5. The number of pyridine rings is 1. The Kier molecular flexibility index (Phi) is 5.90. The molecule has 142 valence electrons. The Morgan fingerprint density at radius 1 is 0.852 bits per heavy atom. The number of benzene rings is 2. The van der Waals surface area contributed by atoms with E-state index in [1.807, 2.05) is 0 Å². The molecule has 0 atom stereocenters. The maximum absolute atomic E-state index is 4.97. The van der Waals surface area contributed by atoms with Gasteiger partial charge in [0.2, 0.25) is 0 Å². The van der Waals surface area contributed by atoms with E-state index in [1.165, 1.54) is 41.5 Å². The van der Waals surface area contributed by atoms with Gasteiger partial charge in [-0.2, -0.15) is 0 Å². The molecule has 1 aliphatic heterocycles. The number of piperidine rings is 1. The second kappa shape index (κ2) is 8.02. The Labute approximate surface area is 173 Å². The Morgan fingerprint density at radius 2 is 1.52 bits per heavy atom. The molecule has 4 rings (SSSR count). The van der Waals surface area contributed by atoms with Crippen LogP contribution in [0.1, 0.15) is 45.6 Å². The van der Waals surface area contributed by atoms with Gasteiger partial charge in [0.1, 0.15) is 0 Å². The minimum atomic E-state index is 0. The fourth-order valence-electron chi connectivity index (χ4n) is 3.84. The highest BCUT2D eigenvalue weighted by Gasteiger charge is 2.17. The number of hydrogen-bond donors (Lipinski definition) is 0. The number of anilines is 1. The summed E-state index contributed by atoms with van der Waals surface area (Å²) in [5.41, 5.74) is 6.23. The maximum atomic E-state index is 4.97. The second-order valence-electron chi connectivity index (χ2n) is 8.42. The third kappa shape index (κ3) is 4.19. The summed E-state index contributed by atoms with van der Waals surface area (Å²) in [5.74, 6) is 0. The van der Waals surface area contributed by atoms with E-state index >= 15 is 0 Å². The number of hydrogen-bond acceptors (Lipinski definition) is 2. The van der Waals surface area contributed by atoms with Crippen molar-refractivity contribution in [1.29, 1.82) is 0 Å². The number of halogens is 1. The van der Waals surface area contributed by atoms with Gasteiger partial charge in [0.05, 0.1) is 11.2 Å². The molecular weight excluding hydrogens is 396 g/mol. The van der Waals surface area contributed by atoms with E-state index in [0.29, 0.717) is 0 Å². The molecule has 3 heteroatoms. The molecule has 2 aromatic carbocycles. The fraction of sp³-hybridized carbons (Fsp3) is 0.375. The van der Waals surface area contributed by atoms with Crippen molar-refractivity contribution in [3.8, 4) is 11.3 Å². The van der Waals surface area contributed by atoms with Gasteiger partial charge in [0, 0.05) is 29.7 Å². The minimum Gasteiger partial charge on any atom is -0.371 e. The summed E-state index contributed by atoms with van der Waals surface area (Å²) in [6, 6.07) is 19.8. The molecule has 0 saturated carbocycles. The number of para-hydroxylation sites is 1. The van der Waals surface area contributed by atoms with E-state index in [2.05, 4.69) is 80.3 Å². The van der Waals surface area contributed by atoms with Crippen molar-refractivity contribution < 1.29 is 0 Å². The first kappa shape index (κ1) is 19.9. The van der Waals surface area contributed by atoms with Crippen LogP contribution in [-0.4, -0.2) is 18.1 Å². The summed E-state index contributed by atoms with van der Waals surface area (Å²) in [6.45, 7) is 9.06. The van der Waals surface area contributed by atoms with Crippen LogP contribution in [0, 0.1) is 0 Å². The Bertz CT molecular complexity index is 904. The summed E-state index contributed by atoms with van der Waals surface area (Å²) in [6.07, 6.45) is 3.92. The van der Waals surface area contributed by atoms with Crippen LogP contribution in [0.15, 0.2) is 54.6 Å². The van der Waals surface area contributed by atoms with Crippen molar-refractivity contribution in [3.05, 3.63) is 60.2 Å². The third-order valence-corrected chi connectivity index (χ3v) is 5.44. The number of rotatable bonds is 2. The van der Waals surface area contributed by atoms with Crippen molar-refractivity contribution >= 4 is 33.6 Å². The summed E-state index contributed by atoms with van der Waals surface area (Å²) < 4.78 is 0. The van der Waals surface area contributed by atoms with Gasteiger partial charge in [-0.15, -0.1) is 17.0 Å². The van der Waals surface area contributed by atoms with Gasteiger partial charge in [-0.25, -0.2) is 4.98 Å². The van der Waals surface area contributed by atoms with Crippen LogP contribution in [-0.2, 0) is 5.41 Å². The zero-order chi connectivity index (χ0) is 18.1. The molecule has 0 radical (unpaired) electrons. The first-order valence-electron chi connectivity index (χ1n) is 9.78. The lowest BCUT2D eigenvalue weighted by Gasteiger charge is -2.30. The highest BCUT2D eigenvalue weighted by Crippen LogP contribution is 2.33. The van der Waals surface area contributed by atoms with Gasteiger partial charge in [-0.1, -0.05) is 63.2 Å². The number of nitrogens with zero attached hydrogens (tertiary/aromatic N) is 2. The lowest BCUT2D eigenvalue weighted by Crippen LogP contribution is -2.29. The van der Waals surface area contributed by atoms with Crippen LogP contribution >= 0.6 is 17.0 Å². The molecule has 3 aromatic rings. The van der Waals surface area contributed by atoms with Crippen LogP contribution < -0.4 is 4.90 Å². The monoisotopic (exact) mass is 424 g/mol. The van der Waals surface area contributed by atoms with Crippen molar-refractivity contribution in [2.24, 2.45) is 0 Å². The topological polar surface area (TPSA) is 16.1 Å². The van der Waals surface area contributed by atoms with E-state index in [9.17, 15) is 0 Å². The average Bonchev–Trinajstić information content (AvgIpc) is 2.67. The van der Waals surface area contributed by atoms with Gasteiger partial charge < -0.3 is 4.90 Å². The summed E-state index contributed by atoms with van der Waals surface area (Å²) in [5, 5.41) is 1.27. The van der Waals surface area contributed by atoms with E-state index in [-0.39, 0.29) is 22.4 Å². The molecule has 1 fully saturated rings. The van der Waals surface area contributed by atoms with Crippen LogP contribution in [0.4, 0.5) is 5.69 Å². The summed E-state index contributed by atoms with van der Waals surface area (Å²) >= 11 is 0. The zero-order valence-corrected chi connectivity index (χ0v) is 18.2. The third-order valence-electron chi connectivity index (χ3n) is 5.44. The first-order valence-corrected chi connectivity index (χ1v) is 9.78. The fourth-order valence-corrected chi connectivity index (χ4v) is 3.84. The van der Waals surface area contributed by atoms with Gasteiger partial charge in [0.25, 0.3) is 0 Å². The van der Waals surface area contributed by atoms with E-state index in [4.69, 9.17) is 4.98 Å². The van der Waals surface area contributed by atoms with Crippen molar-refractivity contribution in [1.82, 2.24) is 4.98 Å². The Morgan fingerprint density at radius 3 is 2.19 bits per heavy atom. The van der Waals surface area contributed by atoms with E-state index in [0.717, 1.165) is 24.3 Å². The normalized spacial score (nSPS) is 14.9. The quantitative estimate of drug-likeness (QED) is 0.451. The molecule has 0 aliphatic carbocycles. The molecule has 1 aliphatic rings. The van der Waals surface area contributed by atoms with Gasteiger partial charge in [-0.3, -0.25) is 0 Å². The van der Waals surface area contributed by atoms with Crippen LogP contribution in [0.2, 0.25) is 0 Å². The molecule has 2 nitrogen and oxygen atoms in total. The highest BCUT2D eigenvalue weighted by molar-refractivity contribution is 8.93. The Hall–Kier alpha value is -1.87. The lowest BCUT2D eigenvalue weighted by atomic mass is 9.86. The maximum Gasteiger partial charge on any atom is 0.0730 e. The lowest BCUT2D eigenvalue weighted by molar-refractivity contribution is 0.579. The van der Waals surface area contributed by atoms with Crippen molar-refractivity contribution in [2.45, 2.75) is 45.4 Å². The van der Waals surface area contributed by atoms with Gasteiger partial charge >= 0.3 is 0 Å². The molecule has 1 saturated heterocycles. The van der Waals surface area contributed by atoms with Crippen LogP contribution in [0.5, 0.6) is 0 Å². The van der Waals surface area contributed by atoms with Gasteiger partial charge in [-0.05, 0) is 42.4 Å². The second-order valence-corrected chi connectivity index (χ2v) is 8.42. The van der Waals surface area contributed by atoms with Crippen LogP contribution in [0.3, 0.4) is 0 Å². The molecule has 0 amide bonds. The molecule has 27 heavy (non-hydrogen) atoms. The van der Waals surface area contributed by atoms with Crippen molar-refractivity contribution in [2.75, 3.05) is 18.0 Å². The summed E-state index contributed by atoms with van der Waals surface area (Å²) in [7, 11) is 0. The van der Waals surface area contributed by atoms with E-state index < -0.39 is 0 Å². The Balaban J connectivity index is 0.00000210. The van der Waals surface area contributed by atoms with E-state index in [1.54, 1.807) is 0 Å². The molecular formula is C24H29BrN2. The zero-order valence-electron chi connectivity index (χ0n) is 16.5. The molecule has 0 N–H and O–H groups in total. The predicted octanol–water partition coefficient (Wildman–Crippen LogP) is 6.77. The average molecular weight is 425 g/mol. The SMILES string of the molecule is Br.CC(C)(C)c1ccc(-c2cc(N3CCCCC3)c3ccccc3n2)cc1. The minimum absolute atomic E-state index is 0. The largest absolute Gasteiger partial charge is 0.371 e. The molecule has 0 unspecified atom stereocenters. The molecule has 0 spiro atoms. The number of fused-ring (bicyclic) bond motifs is 1. The summed E-state index contributed by atoms with van der Waals surface area (Å²) in [4.78, 5) is 7.51.